The minimum absolute atomic E-state index is 0.233. The number of benzene rings is 2. The molecule has 2 aromatic rings. The van der Waals surface area contributed by atoms with Gasteiger partial charge in [0.05, 0.1) is 11.8 Å². The predicted octanol–water partition coefficient (Wildman–Crippen LogP) is 5.30. The maximum Gasteiger partial charge on any atom is 0.390 e. The summed E-state index contributed by atoms with van der Waals surface area (Å²) in [5.41, 5.74) is 1.02. The normalized spacial score (nSPS) is 21.6. The van der Waals surface area contributed by atoms with Crippen LogP contribution in [0, 0.1) is 0 Å². The van der Waals surface area contributed by atoms with Crippen molar-refractivity contribution in [1.82, 2.24) is 0 Å². The summed E-state index contributed by atoms with van der Waals surface area (Å²) in [5, 5.41) is 0. The van der Waals surface area contributed by atoms with E-state index in [1.54, 1.807) is 24.3 Å². The minimum atomic E-state index is -4.35. The van der Waals surface area contributed by atoms with Gasteiger partial charge in [-0.3, -0.25) is 4.79 Å². The van der Waals surface area contributed by atoms with E-state index in [1.165, 1.54) is 0 Å². The monoisotopic (exact) mass is 318 g/mol. The lowest BCUT2D eigenvalue weighted by Gasteiger charge is -2.29. The Kier molecular flexibility index (Phi) is 4.00. The second-order valence-corrected chi connectivity index (χ2v) is 6.09. The summed E-state index contributed by atoms with van der Waals surface area (Å²) in [7, 11) is 0. The zero-order valence-electron chi connectivity index (χ0n) is 12.6. The molecule has 1 fully saturated rings. The first-order valence-corrected chi connectivity index (χ1v) is 7.67. The quantitative estimate of drug-likeness (QED) is 0.751. The first-order valence-electron chi connectivity index (χ1n) is 7.67. The molecule has 0 saturated heterocycles. The second kappa shape index (κ2) is 5.84. The third kappa shape index (κ3) is 3.16. The Bertz CT molecular complexity index is 689. The number of Topliss-reactive ketones (excluding diaryl/α,β-unsaturated/α-hetero) is 1. The van der Waals surface area contributed by atoms with Crippen molar-refractivity contribution in [3.8, 4) is 11.1 Å². The van der Waals surface area contributed by atoms with Gasteiger partial charge in [0.15, 0.2) is 0 Å². The number of carbonyl (C=O) groups is 1. The molecule has 0 amide bonds. The Labute approximate surface area is 133 Å². The summed E-state index contributed by atoms with van der Waals surface area (Å²) in [5.74, 6) is -0.290. The van der Waals surface area contributed by atoms with Gasteiger partial charge in [-0.25, -0.2) is 0 Å². The number of ketones is 1. The highest BCUT2D eigenvalue weighted by Gasteiger charge is 2.50. The number of rotatable bonds is 3. The van der Waals surface area contributed by atoms with Gasteiger partial charge in [0.25, 0.3) is 0 Å². The third-order valence-corrected chi connectivity index (χ3v) is 4.59. The Balaban J connectivity index is 1.97. The summed E-state index contributed by atoms with van der Waals surface area (Å²) in [6.07, 6.45) is -4.39. The van der Waals surface area contributed by atoms with Crippen molar-refractivity contribution in [2.75, 3.05) is 0 Å². The molecule has 0 aliphatic heterocycles. The summed E-state index contributed by atoms with van der Waals surface area (Å²) in [6, 6.07) is 16.6. The standard InChI is InChI=1S/C19H17F3O/c20-19(21,22)13-18(12-4-7-17(18)23)16-10-8-15(9-11-16)14-5-2-1-3-6-14/h1-3,5-6,8-11H,4,7,12-13H2. The number of alkyl halides is 3. The molecule has 1 aliphatic rings. The van der Waals surface area contributed by atoms with Gasteiger partial charge in [-0.1, -0.05) is 54.6 Å². The van der Waals surface area contributed by atoms with Gasteiger partial charge in [0, 0.05) is 6.42 Å². The zero-order chi connectivity index (χ0) is 16.5. The molecule has 0 radical (unpaired) electrons. The lowest BCUT2D eigenvalue weighted by molar-refractivity contribution is -0.155. The lowest BCUT2D eigenvalue weighted by atomic mass is 9.75. The van der Waals surface area contributed by atoms with Crippen LogP contribution in [0.5, 0.6) is 0 Å². The number of hydrogen-bond acceptors (Lipinski definition) is 1. The molecule has 0 N–H and O–H groups in total. The second-order valence-electron chi connectivity index (χ2n) is 6.09. The van der Waals surface area contributed by atoms with Gasteiger partial charge in [-0.15, -0.1) is 0 Å². The zero-order valence-corrected chi connectivity index (χ0v) is 12.6. The lowest BCUT2D eigenvalue weighted by Crippen LogP contribution is -2.36. The molecular formula is C19H17F3O. The van der Waals surface area contributed by atoms with E-state index in [9.17, 15) is 18.0 Å². The molecule has 2 aromatic carbocycles. The Morgan fingerprint density at radius 1 is 0.913 bits per heavy atom. The highest BCUT2D eigenvalue weighted by Crippen LogP contribution is 2.46. The maximum absolute atomic E-state index is 13.0. The Hall–Kier alpha value is -2.10. The third-order valence-electron chi connectivity index (χ3n) is 4.59. The molecule has 23 heavy (non-hydrogen) atoms. The molecule has 0 heterocycles. The topological polar surface area (TPSA) is 17.1 Å². The van der Waals surface area contributed by atoms with Crippen LogP contribution in [-0.4, -0.2) is 12.0 Å². The van der Waals surface area contributed by atoms with Crippen LogP contribution in [0.25, 0.3) is 11.1 Å². The van der Waals surface area contributed by atoms with Crippen LogP contribution < -0.4 is 0 Å². The fourth-order valence-electron chi connectivity index (χ4n) is 3.48. The number of halogens is 3. The van der Waals surface area contributed by atoms with E-state index in [1.807, 2.05) is 30.3 Å². The molecule has 4 heteroatoms. The van der Waals surface area contributed by atoms with E-state index in [0.717, 1.165) is 11.1 Å². The SMILES string of the molecule is O=C1CCCC1(CC(F)(F)F)c1ccc(-c2ccccc2)cc1. The molecule has 0 aromatic heterocycles. The van der Waals surface area contributed by atoms with Crippen LogP contribution in [0.3, 0.4) is 0 Å². The largest absolute Gasteiger partial charge is 0.390 e. The molecule has 1 saturated carbocycles. The fraction of sp³-hybridized carbons (Fsp3) is 0.316. The van der Waals surface area contributed by atoms with E-state index < -0.39 is 18.0 Å². The van der Waals surface area contributed by atoms with Crippen LogP contribution in [0.1, 0.15) is 31.2 Å². The van der Waals surface area contributed by atoms with Crippen LogP contribution >= 0.6 is 0 Å². The molecule has 120 valence electrons. The van der Waals surface area contributed by atoms with E-state index in [0.29, 0.717) is 12.0 Å². The summed E-state index contributed by atoms with van der Waals surface area (Å²) in [6.45, 7) is 0. The van der Waals surface area contributed by atoms with E-state index >= 15 is 0 Å². The molecule has 1 aliphatic carbocycles. The van der Waals surface area contributed by atoms with Gasteiger partial charge in [-0.05, 0) is 29.5 Å². The molecular weight excluding hydrogens is 301 g/mol. The molecule has 0 bridgehead atoms. The van der Waals surface area contributed by atoms with Gasteiger partial charge in [0.1, 0.15) is 5.78 Å². The van der Waals surface area contributed by atoms with Crippen LogP contribution in [-0.2, 0) is 10.2 Å². The van der Waals surface area contributed by atoms with Gasteiger partial charge >= 0.3 is 6.18 Å². The Morgan fingerprint density at radius 2 is 1.52 bits per heavy atom. The summed E-state index contributed by atoms with van der Waals surface area (Å²) in [4.78, 5) is 12.2. The van der Waals surface area contributed by atoms with Gasteiger partial charge in [-0.2, -0.15) is 13.2 Å². The fourth-order valence-corrected chi connectivity index (χ4v) is 3.48. The average molecular weight is 318 g/mol. The number of hydrogen-bond donors (Lipinski definition) is 0. The van der Waals surface area contributed by atoms with E-state index in [4.69, 9.17) is 0 Å². The predicted molar refractivity (Wildman–Crippen MR) is 83.1 cm³/mol. The minimum Gasteiger partial charge on any atom is -0.299 e. The van der Waals surface area contributed by atoms with Gasteiger partial charge < -0.3 is 0 Å². The first kappa shape index (κ1) is 15.8. The van der Waals surface area contributed by atoms with Crippen molar-refractivity contribution < 1.29 is 18.0 Å². The van der Waals surface area contributed by atoms with Crippen LogP contribution in [0.15, 0.2) is 54.6 Å². The van der Waals surface area contributed by atoms with Crippen LogP contribution in [0.4, 0.5) is 13.2 Å². The highest BCUT2D eigenvalue weighted by molar-refractivity contribution is 5.92. The van der Waals surface area contributed by atoms with Crippen molar-refractivity contribution in [2.24, 2.45) is 0 Å². The van der Waals surface area contributed by atoms with Crippen molar-refractivity contribution in [2.45, 2.75) is 37.3 Å². The van der Waals surface area contributed by atoms with Crippen LogP contribution in [0.2, 0.25) is 0 Å². The van der Waals surface area contributed by atoms with Crippen molar-refractivity contribution >= 4 is 5.78 Å². The van der Waals surface area contributed by atoms with Crippen molar-refractivity contribution in [3.63, 3.8) is 0 Å². The molecule has 1 unspecified atom stereocenters. The van der Waals surface area contributed by atoms with Crippen molar-refractivity contribution in [1.29, 1.82) is 0 Å². The molecule has 3 rings (SSSR count). The average Bonchev–Trinajstić information content (AvgIpc) is 2.88. The highest BCUT2D eigenvalue weighted by atomic mass is 19.4. The van der Waals surface area contributed by atoms with E-state index in [-0.39, 0.29) is 18.6 Å². The van der Waals surface area contributed by atoms with E-state index in [2.05, 4.69) is 0 Å². The smallest absolute Gasteiger partial charge is 0.299 e. The first-order chi connectivity index (χ1) is 10.9. The van der Waals surface area contributed by atoms with Crippen molar-refractivity contribution in [3.05, 3.63) is 60.2 Å². The summed E-state index contributed by atoms with van der Waals surface area (Å²) < 4.78 is 39.0. The molecule has 1 atom stereocenters. The maximum atomic E-state index is 13.0. The summed E-state index contributed by atoms with van der Waals surface area (Å²) >= 11 is 0. The van der Waals surface area contributed by atoms with Gasteiger partial charge in [0.2, 0.25) is 0 Å². The molecule has 0 spiro atoms. The molecule has 1 nitrogen and oxygen atoms in total. The number of carbonyl (C=O) groups excluding carboxylic acids is 1. The Morgan fingerprint density at radius 3 is 2.04 bits per heavy atom.